The van der Waals surface area contributed by atoms with Crippen LogP contribution in [-0.2, 0) is 48.4 Å². The molecule has 7 heterocycles. The topological polar surface area (TPSA) is 261 Å². The molecule has 3 fully saturated rings. The summed E-state index contributed by atoms with van der Waals surface area (Å²) in [6, 6.07) is 0. The average molecular weight is 805 g/mol. The molecule has 2 bridgehead atoms. The maximum absolute atomic E-state index is 13.9. The number of nitrogens with zero attached hydrogens (tertiary/aromatic N) is 8. The van der Waals surface area contributed by atoms with E-state index in [9.17, 15) is 14.6 Å². The van der Waals surface area contributed by atoms with Crippen molar-refractivity contribution in [2.24, 2.45) is 0 Å². The van der Waals surface area contributed by atoms with Crippen molar-refractivity contribution in [1.82, 2.24) is 39.0 Å². The first-order chi connectivity index (χ1) is 23.9. The molecule has 0 aliphatic carbocycles. The monoisotopic (exact) mass is 804 g/mol. The first-order valence-electron chi connectivity index (χ1n) is 15.7. The van der Waals surface area contributed by atoms with Gasteiger partial charge in [0.2, 0.25) is 0 Å². The SMILES string of the molecule is CC(C)(C)[Si](C)(C)OC1[C@H]2OP(O)(=S)OC[C@H]3O[C@@H](n4cnc5c(N)ncnc54)[C@H](O)[C@@H]3OP(=O)(S)OC[C@H]1O[C@H]2n1cnc2c(N)ncnc21. The minimum atomic E-state index is -4.29. The van der Waals surface area contributed by atoms with Crippen molar-refractivity contribution in [2.75, 3.05) is 24.7 Å². The maximum Gasteiger partial charge on any atom is 0.386 e. The molecular formula is C26H38N10O10P2S2Si. The average Bonchev–Trinajstić information content (AvgIpc) is 3.80. The second-order valence-corrected chi connectivity index (χ2v) is 24.2. The summed E-state index contributed by atoms with van der Waals surface area (Å²) in [5.74, 6) is 0.255. The van der Waals surface area contributed by atoms with Crippen LogP contribution in [0.3, 0.4) is 0 Å². The van der Waals surface area contributed by atoms with Crippen LogP contribution in [0.25, 0.3) is 22.3 Å². The molecule has 0 spiro atoms. The molecule has 51 heavy (non-hydrogen) atoms. The summed E-state index contributed by atoms with van der Waals surface area (Å²) in [5.41, 5.74) is 13.2. The molecule has 0 saturated carbocycles. The van der Waals surface area contributed by atoms with Gasteiger partial charge < -0.3 is 39.9 Å². The Bertz CT molecular complexity index is 2050. The quantitative estimate of drug-likeness (QED) is 0.113. The third-order valence-electron chi connectivity index (χ3n) is 9.47. The first-order valence-corrected chi connectivity index (χ1v) is 23.9. The molecule has 25 heteroatoms. The van der Waals surface area contributed by atoms with Gasteiger partial charge in [0, 0.05) is 0 Å². The fraction of sp³-hybridized carbons (Fsp3) is 0.615. The van der Waals surface area contributed by atoms with E-state index in [0.29, 0.717) is 11.2 Å². The van der Waals surface area contributed by atoms with E-state index < -0.39 is 77.5 Å². The number of aliphatic hydroxyl groups is 1. The number of fused-ring (bicyclic) bond motifs is 5. The van der Waals surface area contributed by atoms with Gasteiger partial charge in [-0.1, -0.05) is 33.0 Å². The highest BCUT2D eigenvalue weighted by Gasteiger charge is 2.55. The van der Waals surface area contributed by atoms with E-state index in [0.717, 1.165) is 0 Å². The molecule has 20 nitrogen and oxygen atoms in total. The lowest BCUT2D eigenvalue weighted by atomic mass is 10.1. The fourth-order valence-corrected chi connectivity index (χ4v) is 10.1. The molecule has 0 radical (unpaired) electrons. The molecule has 4 aromatic heterocycles. The number of hydrogen-bond acceptors (Lipinski definition) is 18. The largest absolute Gasteiger partial charge is 0.408 e. The third kappa shape index (κ3) is 6.98. The van der Waals surface area contributed by atoms with Crippen LogP contribution in [0.2, 0.25) is 18.1 Å². The van der Waals surface area contributed by atoms with Crippen LogP contribution in [0.1, 0.15) is 33.2 Å². The highest BCUT2D eigenvalue weighted by atomic mass is 32.7. The number of aromatic nitrogens is 8. The Labute approximate surface area is 302 Å². The number of nitrogens with two attached hydrogens (primary N) is 2. The van der Waals surface area contributed by atoms with E-state index >= 15 is 0 Å². The number of imidazole rings is 2. The molecule has 0 amide bonds. The normalized spacial score (nSPS) is 35.4. The van der Waals surface area contributed by atoms with Gasteiger partial charge in [-0.3, -0.25) is 22.7 Å². The minimum absolute atomic E-state index is 0.116. The Kier molecular flexibility index (Phi) is 9.66. The van der Waals surface area contributed by atoms with E-state index in [-0.39, 0.29) is 34.4 Å². The highest BCUT2D eigenvalue weighted by molar-refractivity contribution is 8.44. The number of anilines is 2. The molecule has 3 saturated heterocycles. The van der Waals surface area contributed by atoms with E-state index in [4.69, 9.17) is 55.3 Å². The lowest BCUT2D eigenvalue weighted by Crippen LogP contribution is -2.50. The molecule has 4 aromatic rings. The highest BCUT2D eigenvalue weighted by Crippen LogP contribution is 2.58. The molecule has 3 aliphatic heterocycles. The third-order valence-corrected chi connectivity index (χ3v) is 17.1. The number of nitrogen functional groups attached to an aromatic ring is 2. The number of rotatable bonds is 4. The van der Waals surface area contributed by atoms with Crippen molar-refractivity contribution in [2.45, 2.75) is 88.0 Å². The Hall–Kier alpha value is -2.21. The van der Waals surface area contributed by atoms with Crippen molar-refractivity contribution in [3.63, 3.8) is 0 Å². The zero-order valence-corrected chi connectivity index (χ0v) is 32.5. The summed E-state index contributed by atoms with van der Waals surface area (Å²) in [7, 11) is -2.61. The minimum Gasteiger partial charge on any atom is -0.408 e. The number of hydrogen-bond donors (Lipinski definition) is 5. The number of thiol groups is 1. The molecule has 3 unspecified atom stereocenters. The zero-order valence-electron chi connectivity index (χ0n) is 28.0. The second kappa shape index (κ2) is 13.3. The van der Waals surface area contributed by atoms with Gasteiger partial charge in [0.15, 0.2) is 43.7 Å². The fourth-order valence-electron chi connectivity index (χ4n) is 5.87. The van der Waals surface area contributed by atoms with Gasteiger partial charge in [0.1, 0.15) is 60.3 Å². The van der Waals surface area contributed by atoms with Crippen molar-refractivity contribution in [3.05, 3.63) is 25.3 Å². The van der Waals surface area contributed by atoms with Gasteiger partial charge in [-0.2, -0.15) is 0 Å². The Balaban J connectivity index is 1.25. The molecular weight excluding hydrogens is 767 g/mol. The predicted molar refractivity (Wildman–Crippen MR) is 190 cm³/mol. The Morgan fingerprint density at radius 3 is 2.04 bits per heavy atom. The van der Waals surface area contributed by atoms with Crippen LogP contribution in [0, 0.1) is 0 Å². The van der Waals surface area contributed by atoms with Gasteiger partial charge in [0.25, 0.3) is 0 Å². The predicted octanol–water partition coefficient (Wildman–Crippen LogP) is 2.45. The van der Waals surface area contributed by atoms with Crippen LogP contribution in [0.4, 0.5) is 11.6 Å². The van der Waals surface area contributed by atoms with Gasteiger partial charge in [-0.05, 0) is 29.9 Å². The van der Waals surface area contributed by atoms with Crippen LogP contribution >= 0.6 is 25.8 Å². The van der Waals surface area contributed by atoms with E-state index in [1.807, 2.05) is 13.1 Å². The summed E-state index contributed by atoms with van der Waals surface area (Å²) in [6.07, 6.45) is -4.05. The van der Waals surface area contributed by atoms with Gasteiger partial charge in [-0.15, -0.1) is 0 Å². The Morgan fingerprint density at radius 2 is 1.45 bits per heavy atom. The molecule has 7 rings (SSSR count). The summed E-state index contributed by atoms with van der Waals surface area (Å²) < 4.78 is 60.2. The summed E-state index contributed by atoms with van der Waals surface area (Å²) in [5, 5.41) is 11.2. The van der Waals surface area contributed by atoms with Crippen LogP contribution in [0.5, 0.6) is 0 Å². The lowest BCUT2D eigenvalue weighted by molar-refractivity contribution is -0.0594. The van der Waals surface area contributed by atoms with Crippen LogP contribution in [0.15, 0.2) is 25.3 Å². The molecule has 0 aromatic carbocycles. The van der Waals surface area contributed by atoms with Crippen molar-refractivity contribution < 1.29 is 46.6 Å². The maximum atomic E-state index is 13.9. The zero-order chi connectivity index (χ0) is 36.7. The van der Waals surface area contributed by atoms with E-state index in [1.54, 1.807) is 4.57 Å². The molecule has 278 valence electrons. The summed E-state index contributed by atoms with van der Waals surface area (Å²) >= 11 is 9.81. The molecule has 6 N–H and O–H groups in total. The summed E-state index contributed by atoms with van der Waals surface area (Å²) in [4.78, 5) is 36.7. The van der Waals surface area contributed by atoms with E-state index in [1.165, 1.54) is 29.9 Å². The van der Waals surface area contributed by atoms with Crippen molar-refractivity contribution in [1.29, 1.82) is 0 Å². The second-order valence-electron chi connectivity index (χ2n) is 13.8. The lowest BCUT2D eigenvalue weighted by Gasteiger charge is -2.40. The van der Waals surface area contributed by atoms with Gasteiger partial charge in [0.05, 0.1) is 25.9 Å². The number of ether oxygens (including phenoxy) is 2. The standard InChI is InChI=1S/C26H38N10O10P2S2Si/c1-26(2,3)51(4,5)46-18-13-7-41-47(38,49)44-17-12(42-24(16(17)37)35-10-33-14-20(27)29-8-31-22(14)35)6-40-48(39,50)45-19(18)25(43-13)36-11-34-15-21(28)30-9-32-23(15)36/h8-13,16-19,24-25,37H,6-7H2,1-5H3,(H,38,49)(H,39,50)(H2,27,29,31)(H2,28,30,32)/t12-,13-,16-,17-,18?,19-,24-,25-,47?,48?/m1/s1. The summed E-state index contributed by atoms with van der Waals surface area (Å²) in [6.45, 7) is 0.899. The Morgan fingerprint density at radius 1 is 0.902 bits per heavy atom. The first kappa shape index (κ1) is 37.1. The smallest absolute Gasteiger partial charge is 0.386 e. The van der Waals surface area contributed by atoms with Crippen molar-refractivity contribution in [3.8, 4) is 0 Å². The van der Waals surface area contributed by atoms with Crippen LogP contribution < -0.4 is 11.5 Å². The number of aliphatic hydroxyl groups excluding tert-OH is 1. The molecule has 10 atom stereocenters. The van der Waals surface area contributed by atoms with Gasteiger partial charge >= 0.3 is 13.5 Å². The van der Waals surface area contributed by atoms with Crippen LogP contribution in [-0.4, -0.2) is 107 Å². The van der Waals surface area contributed by atoms with Gasteiger partial charge in [-0.25, -0.2) is 34.5 Å². The molecule has 3 aliphatic rings. The van der Waals surface area contributed by atoms with Crippen molar-refractivity contribution >= 4 is 79.9 Å². The van der Waals surface area contributed by atoms with E-state index in [2.05, 4.69) is 62.9 Å².